The lowest BCUT2D eigenvalue weighted by atomic mass is 10.0. The van der Waals surface area contributed by atoms with E-state index in [-0.39, 0.29) is 11.9 Å². The summed E-state index contributed by atoms with van der Waals surface area (Å²) < 4.78 is 7.17. The molecule has 2 N–H and O–H groups in total. The summed E-state index contributed by atoms with van der Waals surface area (Å²) in [4.78, 5) is 26.5. The molecule has 2 rings (SSSR count). The first-order chi connectivity index (χ1) is 14.9. The molecule has 1 atom stereocenters. The summed E-state index contributed by atoms with van der Waals surface area (Å²) in [6, 6.07) is 1.59. The molecule has 8 heteroatoms. The summed E-state index contributed by atoms with van der Waals surface area (Å²) in [6.07, 6.45) is 8.14. The molecule has 0 aliphatic rings. The van der Waals surface area contributed by atoms with Crippen molar-refractivity contribution in [2.45, 2.75) is 72.8 Å². The van der Waals surface area contributed by atoms with E-state index in [0.717, 1.165) is 37.1 Å². The molecule has 1 amide bonds. The molecular formula is C23H38N6O2. The monoisotopic (exact) mass is 430 g/mol. The van der Waals surface area contributed by atoms with Crippen molar-refractivity contribution in [2.75, 3.05) is 25.1 Å². The number of nitrogens with one attached hydrogen (secondary N) is 2. The molecule has 0 saturated carbocycles. The van der Waals surface area contributed by atoms with Gasteiger partial charge in [-0.3, -0.25) is 9.36 Å². The molecule has 0 bridgehead atoms. The summed E-state index contributed by atoms with van der Waals surface area (Å²) in [5.41, 5.74) is 1.86. The number of amides is 1. The van der Waals surface area contributed by atoms with Gasteiger partial charge in [0, 0.05) is 37.7 Å². The summed E-state index contributed by atoms with van der Waals surface area (Å²) in [6.45, 7) is 12.2. The minimum Gasteiger partial charge on any atom is -0.382 e. The number of anilines is 1. The Kier molecular flexibility index (Phi) is 10.4. The zero-order valence-corrected chi connectivity index (χ0v) is 19.6. The number of rotatable bonds is 14. The van der Waals surface area contributed by atoms with Gasteiger partial charge >= 0.3 is 0 Å². The fraction of sp³-hybridized carbons (Fsp3) is 0.652. The van der Waals surface area contributed by atoms with E-state index in [4.69, 9.17) is 9.72 Å². The topological polar surface area (TPSA) is 94.0 Å². The zero-order valence-electron chi connectivity index (χ0n) is 19.6. The largest absolute Gasteiger partial charge is 0.382 e. The molecule has 2 heterocycles. The SMILES string of the molecule is CCCCc1cc(N[C@@H](CC(C)C)C(=O)NCCCOCC)nc(-n2cnc(C)c2)n1. The van der Waals surface area contributed by atoms with Crippen LogP contribution in [-0.4, -0.2) is 51.2 Å². The number of carbonyl (C=O) groups is 1. The van der Waals surface area contributed by atoms with Gasteiger partial charge in [-0.2, -0.15) is 4.98 Å². The Labute approximate surface area is 186 Å². The minimum atomic E-state index is -0.363. The number of nitrogens with zero attached hydrogens (tertiary/aromatic N) is 4. The number of hydrogen-bond donors (Lipinski definition) is 2. The molecule has 0 spiro atoms. The first-order valence-corrected chi connectivity index (χ1v) is 11.4. The van der Waals surface area contributed by atoms with Crippen molar-refractivity contribution in [1.82, 2.24) is 24.8 Å². The van der Waals surface area contributed by atoms with Crippen LogP contribution >= 0.6 is 0 Å². The Morgan fingerprint density at radius 3 is 2.68 bits per heavy atom. The first-order valence-electron chi connectivity index (χ1n) is 11.4. The molecule has 31 heavy (non-hydrogen) atoms. The van der Waals surface area contributed by atoms with E-state index in [1.54, 1.807) is 6.33 Å². The van der Waals surface area contributed by atoms with Gasteiger partial charge in [0.1, 0.15) is 18.2 Å². The van der Waals surface area contributed by atoms with Crippen LogP contribution in [-0.2, 0) is 16.0 Å². The van der Waals surface area contributed by atoms with Crippen molar-refractivity contribution < 1.29 is 9.53 Å². The van der Waals surface area contributed by atoms with Crippen LogP contribution in [0.1, 0.15) is 64.8 Å². The maximum atomic E-state index is 12.9. The summed E-state index contributed by atoms with van der Waals surface area (Å²) in [5, 5.41) is 6.39. The van der Waals surface area contributed by atoms with Crippen LogP contribution in [0.4, 0.5) is 5.82 Å². The minimum absolute atomic E-state index is 0.0149. The molecule has 0 unspecified atom stereocenters. The van der Waals surface area contributed by atoms with Crippen LogP contribution in [0.5, 0.6) is 0 Å². The maximum absolute atomic E-state index is 12.9. The molecule has 0 aromatic carbocycles. The average molecular weight is 431 g/mol. The quantitative estimate of drug-likeness (QED) is 0.444. The molecule has 8 nitrogen and oxygen atoms in total. The van der Waals surface area contributed by atoms with Crippen molar-refractivity contribution >= 4 is 11.7 Å². The van der Waals surface area contributed by atoms with E-state index >= 15 is 0 Å². The van der Waals surface area contributed by atoms with Crippen molar-refractivity contribution in [3.63, 3.8) is 0 Å². The summed E-state index contributed by atoms with van der Waals surface area (Å²) in [7, 11) is 0. The van der Waals surface area contributed by atoms with E-state index in [2.05, 4.69) is 41.4 Å². The van der Waals surface area contributed by atoms with E-state index in [1.165, 1.54) is 0 Å². The molecule has 0 radical (unpaired) electrons. The standard InChI is InChI=1S/C23H38N6O2/c1-6-8-10-19-14-21(28-23(26-19)29-15-18(5)25-16-29)27-20(13-17(3)4)22(30)24-11-9-12-31-7-2/h14-17,20H,6-13H2,1-5H3,(H,24,30)(H,26,27,28)/t20-/m0/s1. The Balaban J connectivity index is 2.18. The highest BCUT2D eigenvalue weighted by Gasteiger charge is 2.21. The Bertz CT molecular complexity index is 805. The van der Waals surface area contributed by atoms with Gasteiger partial charge < -0.3 is 15.4 Å². The molecule has 0 aliphatic heterocycles. The summed E-state index contributed by atoms with van der Waals surface area (Å²) >= 11 is 0. The smallest absolute Gasteiger partial charge is 0.242 e. The highest BCUT2D eigenvalue weighted by molar-refractivity contribution is 5.84. The lowest BCUT2D eigenvalue weighted by Gasteiger charge is -2.21. The third-order valence-corrected chi connectivity index (χ3v) is 4.81. The molecule has 0 aliphatic carbocycles. The Hall–Kier alpha value is -2.48. The normalized spacial score (nSPS) is 12.2. The Morgan fingerprint density at radius 1 is 1.23 bits per heavy atom. The van der Waals surface area contributed by atoms with Gasteiger partial charge in [0.05, 0.1) is 5.69 Å². The molecule has 172 valence electrons. The fourth-order valence-corrected chi connectivity index (χ4v) is 3.22. The molecule has 2 aromatic heterocycles. The van der Waals surface area contributed by atoms with Crippen LogP contribution in [0.2, 0.25) is 0 Å². The third kappa shape index (κ3) is 8.65. The molecular weight excluding hydrogens is 392 g/mol. The zero-order chi connectivity index (χ0) is 22.6. The van der Waals surface area contributed by atoms with Gasteiger partial charge in [-0.05, 0) is 45.4 Å². The maximum Gasteiger partial charge on any atom is 0.242 e. The number of aryl methyl sites for hydroxylation is 2. The van der Waals surface area contributed by atoms with E-state index in [9.17, 15) is 4.79 Å². The van der Waals surface area contributed by atoms with Crippen LogP contribution in [0.25, 0.3) is 5.95 Å². The second-order valence-corrected chi connectivity index (χ2v) is 8.24. The Morgan fingerprint density at radius 2 is 2.03 bits per heavy atom. The van der Waals surface area contributed by atoms with Crippen molar-refractivity contribution in [1.29, 1.82) is 0 Å². The number of ether oxygens (including phenoxy) is 1. The highest BCUT2D eigenvalue weighted by atomic mass is 16.5. The molecule has 0 fully saturated rings. The number of aromatic nitrogens is 4. The van der Waals surface area contributed by atoms with Gasteiger partial charge in [-0.15, -0.1) is 0 Å². The van der Waals surface area contributed by atoms with Crippen molar-refractivity contribution in [2.24, 2.45) is 5.92 Å². The first kappa shape index (κ1) is 24.8. The number of unbranched alkanes of at least 4 members (excludes halogenated alkanes) is 1. The van der Waals surface area contributed by atoms with Gasteiger partial charge in [-0.1, -0.05) is 27.2 Å². The average Bonchev–Trinajstić information content (AvgIpc) is 3.17. The van der Waals surface area contributed by atoms with Crippen LogP contribution in [0, 0.1) is 12.8 Å². The molecule has 2 aromatic rings. The number of imidazole rings is 1. The van der Waals surface area contributed by atoms with Crippen molar-refractivity contribution in [3.8, 4) is 5.95 Å². The van der Waals surface area contributed by atoms with Crippen LogP contribution in [0.3, 0.4) is 0 Å². The fourth-order valence-electron chi connectivity index (χ4n) is 3.22. The second kappa shape index (κ2) is 13.0. The highest BCUT2D eigenvalue weighted by Crippen LogP contribution is 2.16. The lowest BCUT2D eigenvalue weighted by molar-refractivity contribution is -0.122. The van der Waals surface area contributed by atoms with E-state index in [1.807, 2.05) is 30.7 Å². The molecule has 0 saturated heterocycles. The van der Waals surface area contributed by atoms with Crippen molar-refractivity contribution in [3.05, 3.63) is 30.0 Å². The van der Waals surface area contributed by atoms with Crippen LogP contribution < -0.4 is 10.6 Å². The summed E-state index contributed by atoms with van der Waals surface area (Å²) in [5.74, 6) is 1.58. The predicted octanol–water partition coefficient (Wildman–Crippen LogP) is 3.68. The third-order valence-electron chi connectivity index (χ3n) is 4.81. The predicted molar refractivity (Wildman–Crippen MR) is 123 cm³/mol. The number of carbonyl (C=O) groups excluding carboxylic acids is 1. The van der Waals surface area contributed by atoms with E-state index in [0.29, 0.717) is 43.9 Å². The number of hydrogen-bond acceptors (Lipinski definition) is 6. The van der Waals surface area contributed by atoms with E-state index < -0.39 is 0 Å². The van der Waals surface area contributed by atoms with Crippen LogP contribution in [0.15, 0.2) is 18.6 Å². The lowest BCUT2D eigenvalue weighted by Crippen LogP contribution is -2.41. The van der Waals surface area contributed by atoms with Gasteiger partial charge in [0.25, 0.3) is 0 Å². The second-order valence-electron chi connectivity index (χ2n) is 8.24. The van der Waals surface area contributed by atoms with Gasteiger partial charge in [-0.25, -0.2) is 9.97 Å². The van der Waals surface area contributed by atoms with Gasteiger partial charge in [0.2, 0.25) is 11.9 Å². The van der Waals surface area contributed by atoms with Gasteiger partial charge in [0.15, 0.2) is 0 Å².